The van der Waals surface area contributed by atoms with E-state index in [0.29, 0.717) is 11.8 Å². The molecule has 2 aliphatic rings. The van der Waals surface area contributed by atoms with Gasteiger partial charge in [-0.05, 0) is 32.1 Å². The molecule has 128 valence electrons. The van der Waals surface area contributed by atoms with Crippen molar-refractivity contribution in [3.8, 4) is 0 Å². The summed E-state index contributed by atoms with van der Waals surface area (Å²) in [7, 11) is 0. The number of nitrogens with one attached hydrogen (secondary N) is 1. The number of aromatic nitrogens is 3. The van der Waals surface area contributed by atoms with E-state index in [2.05, 4.69) is 40.5 Å². The van der Waals surface area contributed by atoms with Crippen LogP contribution in [0.3, 0.4) is 0 Å². The highest BCUT2D eigenvalue weighted by atomic mass is 15.4. The molecular weight excluding hydrogens is 300 g/mol. The molecule has 6 heteroatoms. The van der Waals surface area contributed by atoms with Gasteiger partial charge in [0.2, 0.25) is 0 Å². The zero-order valence-electron chi connectivity index (χ0n) is 14.6. The van der Waals surface area contributed by atoms with E-state index >= 15 is 0 Å². The zero-order chi connectivity index (χ0) is 16.9. The van der Waals surface area contributed by atoms with Crippen molar-refractivity contribution >= 4 is 11.7 Å². The number of nitrogens with zero attached hydrogens (tertiary/aromatic N) is 5. The number of rotatable bonds is 6. The summed E-state index contributed by atoms with van der Waals surface area (Å²) in [5.41, 5.74) is 2.43. The standard InChI is InChI=1S/C18H26N6/c1-14-4-3-5-16(12-14)6-7-17-13-23(22-21-17)10-11-24-15(2)20-9-8-18(24)19/h3,5,12-14,19H,4,6-11H2,1-2H3. The minimum atomic E-state index is 0.644. The number of aryl methyl sites for hydroxylation is 1. The molecule has 0 fully saturated rings. The SMILES string of the molecule is CC1=NCCC(=N)N1CCn1cc(CCC2=CC(C)CC=C2)nn1. The molecule has 1 aliphatic carbocycles. The van der Waals surface area contributed by atoms with Crippen molar-refractivity contribution in [3.63, 3.8) is 0 Å². The van der Waals surface area contributed by atoms with E-state index in [1.54, 1.807) is 0 Å². The predicted molar refractivity (Wildman–Crippen MR) is 96.4 cm³/mol. The van der Waals surface area contributed by atoms with Crippen molar-refractivity contribution in [1.82, 2.24) is 19.9 Å². The molecule has 0 spiro atoms. The molecule has 1 aliphatic heterocycles. The number of allylic oxidation sites excluding steroid dienone is 4. The first-order chi connectivity index (χ1) is 11.6. The molecule has 0 aromatic carbocycles. The highest BCUT2D eigenvalue weighted by Gasteiger charge is 2.16. The molecule has 1 N–H and O–H groups in total. The second-order valence-electron chi connectivity index (χ2n) is 6.61. The van der Waals surface area contributed by atoms with E-state index in [1.807, 2.05) is 22.7 Å². The maximum atomic E-state index is 8.03. The van der Waals surface area contributed by atoms with Crippen molar-refractivity contribution in [2.45, 2.75) is 46.1 Å². The number of aliphatic imine (C=N–C) groups is 1. The first-order valence-electron chi connectivity index (χ1n) is 8.74. The van der Waals surface area contributed by atoms with E-state index in [9.17, 15) is 0 Å². The molecule has 1 aromatic heterocycles. The van der Waals surface area contributed by atoms with E-state index in [0.717, 1.165) is 56.8 Å². The first-order valence-corrected chi connectivity index (χ1v) is 8.74. The summed E-state index contributed by atoms with van der Waals surface area (Å²) in [6.45, 7) is 6.40. The third-order valence-electron chi connectivity index (χ3n) is 4.55. The van der Waals surface area contributed by atoms with Crippen LogP contribution in [-0.2, 0) is 13.0 Å². The zero-order valence-corrected chi connectivity index (χ0v) is 14.6. The highest BCUT2D eigenvalue weighted by Crippen LogP contribution is 2.19. The smallest absolute Gasteiger partial charge is 0.103 e. The van der Waals surface area contributed by atoms with E-state index in [4.69, 9.17) is 5.41 Å². The van der Waals surface area contributed by atoms with E-state index in [-0.39, 0.29) is 0 Å². The Labute approximate surface area is 143 Å². The number of hydrogen-bond acceptors (Lipinski definition) is 4. The van der Waals surface area contributed by atoms with Crippen molar-refractivity contribution < 1.29 is 0 Å². The fourth-order valence-electron chi connectivity index (χ4n) is 3.16. The van der Waals surface area contributed by atoms with Crippen LogP contribution in [0.5, 0.6) is 0 Å². The highest BCUT2D eigenvalue weighted by molar-refractivity contribution is 6.00. The largest absolute Gasteiger partial charge is 0.317 e. The second-order valence-corrected chi connectivity index (χ2v) is 6.61. The van der Waals surface area contributed by atoms with Crippen LogP contribution < -0.4 is 0 Å². The second kappa shape index (κ2) is 7.55. The lowest BCUT2D eigenvalue weighted by molar-refractivity contribution is 0.477. The van der Waals surface area contributed by atoms with Gasteiger partial charge in [0.25, 0.3) is 0 Å². The van der Waals surface area contributed by atoms with Crippen LogP contribution in [0.25, 0.3) is 0 Å². The van der Waals surface area contributed by atoms with Gasteiger partial charge < -0.3 is 4.90 Å². The Bertz CT molecular complexity index is 681. The van der Waals surface area contributed by atoms with E-state index < -0.39 is 0 Å². The van der Waals surface area contributed by atoms with Crippen molar-refractivity contribution in [3.05, 3.63) is 35.7 Å². The molecule has 1 unspecified atom stereocenters. The van der Waals surface area contributed by atoms with Gasteiger partial charge >= 0.3 is 0 Å². The van der Waals surface area contributed by atoms with Crippen LogP contribution in [0.1, 0.15) is 38.8 Å². The molecule has 0 bridgehead atoms. The van der Waals surface area contributed by atoms with Crippen molar-refractivity contribution in [2.24, 2.45) is 10.9 Å². The third kappa shape index (κ3) is 4.19. The quantitative estimate of drug-likeness (QED) is 0.874. The van der Waals surface area contributed by atoms with Gasteiger partial charge in [-0.3, -0.25) is 15.1 Å². The van der Waals surface area contributed by atoms with Gasteiger partial charge in [0.05, 0.1) is 12.2 Å². The fraction of sp³-hybridized carbons (Fsp3) is 0.556. The Morgan fingerprint density at radius 2 is 2.17 bits per heavy atom. The molecule has 6 nitrogen and oxygen atoms in total. The van der Waals surface area contributed by atoms with Crippen LogP contribution in [-0.4, -0.2) is 44.7 Å². The molecule has 3 rings (SSSR count). The van der Waals surface area contributed by atoms with Crippen LogP contribution >= 0.6 is 0 Å². The Morgan fingerprint density at radius 3 is 2.96 bits per heavy atom. The average molecular weight is 326 g/mol. The minimum Gasteiger partial charge on any atom is -0.317 e. The Morgan fingerprint density at radius 1 is 1.29 bits per heavy atom. The molecule has 0 amide bonds. The Kier molecular flexibility index (Phi) is 5.23. The molecule has 0 saturated heterocycles. The summed E-state index contributed by atoms with van der Waals surface area (Å²) in [5, 5.41) is 16.5. The van der Waals surface area contributed by atoms with Gasteiger partial charge in [-0.25, -0.2) is 0 Å². The molecule has 0 radical (unpaired) electrons. The lowest BCUT2D eigenvalue weighted by Crippen LogP contribution is -2.40. The summed E-state index contributed by atoms with van der Waals surface area (Å²) >= 11 is 0. The summed E-state index contributed by atoms with van der Waals surface area (Å²) in [4.78, 5) is 6.37. The van der Waals surface area contributed by atoms with Crippen LogP contribution in [0.2, 0.25) is 0 Å². The third-order valence-corrected chi connectivity index (χ3v) is 4.55. The van der Waals surface area contributed by atoms with Crippen LogP contribution in [0.4, 0.5) is 0 Å². The fourth-order valence-corrected chi connectivity index (χ4v) is 3.16. The maximum Gasteiger partial charge on any atom is 0.103 e. The molecule has 2 heterocycles. The molecule has 24 heavy (non-hydrogen) atoms. The summed E-state index contributed by atoms with van der Waals surface area (Å²) in [6.07, 6.45) is 12.7. The van der Waals surface area contributed by atoms with Crippen LogP contribution in [0, 0.1) is 11.3 Å². The summed E-state index contributed by atoms with van der Waals surface area (Å²) < 4.78 is 1.87. The predicted octanol–water partition coefficient (Wildman–Crippen LogP) is 2.83. The lowest BCUT2D eigenvalue weighted by atomic mass is 9.95. The normalized spacial score (nSPS) is 21.0. The average Bonchev–Trinajstić information content (AvgIpc) is 3.00. The Hall–Kier alpha value is -2.24. The lowest BCUT2D eigenvalue weighted by Gasteiger charge is -2.27. The molecule has 1 atom stereocenters. The van der Waals surface area contributed by atoms with Gasteiger partial charge in [0.1, 0.15) is 11.7 Å². The maximum absolute atomic E-state index is 8.03. The van der Waals surface area contributed by atoms with Crippen LogP contribution in [0.15, 0.2) is 35.0 Å². The van der Waals surface area contributed by atoms with Gasteiger partial charge in [-0.15, -0.1) is 5.10 Å². The van der Waals surface area contributed by atoms with Gasteiger partial charge in [0, 0.05) is 25.7 Å². The number of hydrogen-bond donors (Lipinski definition) is 1. The molecule has 1 aromatic rings. The molecular formula is C18H26N6. The monoisotopic (exact) mass is 326 g/mol. The topological polar surface area (TPSA) is 70.2 Å². The van der Waals surface area contributed by atoms with Crippen molar-refractivity contribution in [1.29, 1.82) is 5.41 Å². The molecule has 0 saturated carbocycles. The summed E-state index contributed by atoms with van der Waals surface area (Å²) in [5.74, 6) is 2.22. The first kappa shape index (κ1) is 16.6. The van der Waals surface area contributed by atoms with Gasteiger partial charge in [0.15, 0.2) is 0 Å². The van der Waals surface area contributed by atoms with Gasteiger partial charge in [-0.1, -0.05) is 35.9 Å². The van der Waals surface area contributed by atoms with Gasteiger partial charge in [-0.2, -0.15) is 0 Å². The minimum absolute atomic E-state index is 0.644. The Balaban J connectivity index is 1.50. The number of amidine groups is 2. The van der Waals surface area contributed by atoms with E-state index in [1.165, 1.54) is 5.57 Å². The summed E-state index contributed by atoms with van der Waals surface area (Å²) in [6, 6.07) is 0. The van der Waals surface area contributed by atoms with Crippen molar-refractivity contribution in [2.75, 3.05) is 13.1 Å².